The maximum atomic E-state index is 14.4. The Kier molecular flexibility index (Phi) is 16.7. The lowest BCUT2D eigenvalue weighted by atomic mass is 9.75. The molecule has 4 saturated heterocycles. The van der Waals surface area contributed by atoms with Crippen LogP contribution in [0.1, 0.15) is 99.3 Å². The van der Waals surface area contributed by atoms with Gasteiger partial charge in [-0.1, -0.05) is 38.1 Å². The number of aliphatic hydroxyl groups excluding tert-OH is 3. The van der Waals surface area contributed by atoms with Crippen molar-refractivity contribution in [3.63, 3.8) is 0 Å². The number of carbonyl (C=O) groups excluding carboxylic acids is 2. The van der Waals surface area contributed by atoms with Crippen molar-refractivity contribution in [2.24, 2.45) is 23.7 Å². The molecule has 1 aromatic heterocycles. The van der Waals surface area contributed by atoms with E-state index >= 15 is 0 Å². The van der Waals surface area contributed by atoms with Gasteiger partial charge >= 0.3 is 5.97 Å². The number of non-ortho nitro benzene ring substituents is 1. The maximum Gasteiger partial charge on any atom is 0.311 e. The van der Waals surface area contributed by atoms with Gasteiger partial charge in [-0.3, -0.25) is 19.7 Å². The lowest BCUT2D eigenvalue weighted by molar-refractivity contribution is -0.384. The molecule has 4 aliphatic rings. The molecule has 6 rings (SSSR count). The number of ketones is 1. The van der Waals surface area contributed by atoms with Crippen molar-refractivity contribution in [1.82, 2.24) is 19.9 Å². The monoisotopic (exact) mass is 948 g/mol. The average Bonchev–Trinajstić information content (AvgIpc) is 3.93. The lowest BCUT2D eigenvalue weighted by Crippen LogP contribution is -2.61. The number of benzene rings is 1. The smallest absolute Gasteiger partial charge is 0.311 e. The third kappa shape index (κ3) is 11.4. The Balaban J connectivity index is 1.28. The summed E-state index contributed by atoms with van der Waals surface area (Å²) in [6, 6.07) is 5.81. The van der Waals surface area contributed by atoms with Crippen LogP contribution >= 0.6 is 0 Å². The molecular formula is C47H73N5O15. The number of rotatable bonds is 13. The number of cyclic esters (lactones) is 1. The average molecular weight is 948 g/mol. The number of Topliss-reactive ketones (excluding diaryl/α,β-unsaturated/α-hetero) is 1. The SMILES string of the molecule is CC[C@H]1OC(=O)[C@H](C)[C@@H](O[C@H]2C[C@@](C)(OC)[C@@H](O)[C@H](C)O2)[C@H](C)[C@@H](O[C@@H]2O[C@H](C)C[C@H](N(C)CCc3cn(Cc4ccc([N+](=O)[O-])cc4)nn3)[C@H]2O)[C@@]2(C)C[C@@H](CO2)C(=O)[C@H](C)[C@@H](O)[C@]1(C)O. The Morgan fingerprint density at radius 3 is 2.31 bits per heavy atom. The Morgan fingerprint density at radius 2 is 1.67 bits per heavy atom. The van der Waals surface area contributed by atoms with Gasteiger partial charge in [0.05, 0.1) is 71.4 Å². The minimum Gasteiger partial charge on any atom is -0.459 e. The number of methoxy groups -OCH3 is 1. The molecule has 4 aliphatic heterocycles. The summed E-state index contributed by atoms with van der Waals surface area (Å²) >= 11 is 0. The van der Waals surface area contributed by atoms with E-state index in [-0.39, 0.29) is 43.4 Å². The van der Waals surface area contributed by atoms with Crippen LogP contribution in [-0.4, -0.2) is 169 Å². The number of nitrogens with zero attached hydrogens (tertiary/aromatic N) is 5. The Labute approximate surface area is 392 Å². The predicted molar refractivity (Wildman–Crippen MR) is 239 cm³/mol. The summed E-state index contributed by atoms with van der Waals surface area (Å²) in [5.41, 5.74) is -2.75. The first-order valence-electron chi connectivity index (χ1n) is 23.6. The van der Waals surface area contributed by atoms with Gasteiger partial charge in [0.25, 0.3) is 5.69 Å². The van der Waals surface area contributed by atoms with E-state index in [1.165, 1.54) is 26.2 Å². The minimum absolute atomic E-state index is 0.00527. The summed E-state index contributed by atoms with van der Waals surface area (Å²) in [6.45, 7) is 16.1. The van der Waals surface area contributed by atoms with Crippen LogP contribution in [0, 0.1) is 33.8 Å². The van der Waals surface area contributed by atoms with E-state index in [0.29, 0.717) is 31.6 Å². The molecule has 18 atom stereocenters. The third-order valence-electron chi connectivity index (χ3n) is 15.0. The van der Waals surface area contributed by atoms with Gasteiger partial charge in [-0.25, -0.2) is 4.68 Å². The lowest BCUT2D eigenvalue weighted by Gasteiger charge is -2.49. The molecule has 0 unspecified atom stereocenters. The number of nitro benzene ring substituents is 1. The fraction of sp³-hybridized carbons (Fsp3) is 0.787. The first-order chi connectivity index (χ1) is 31.4. The van der Waals surface area contributed by atoms with Crippen molar-refractivity contribution in [1.29, 1.82) is 0 Å². The van der Waals surface area contributed by atoms with Gasteiger partial charge in [-0.15, -0.1) is 5.10 Å². The van der Waals surface area contributed by atoms with E-state index < -0.39 is 113 Å². The zero-order valence-electron chi connectivity index (χ0n) is 40.7. The molecule has 4 N–H and O–H groups in total. The molecule has 0 aliphatic carbocycles. The van der Waals surface area contributed by atoms with Gasteiger partial charge in [0.1, 0.15) is 29.7 Å². The van der Waals surface area contributed by atoms with Crippen molar-refractivity contribution < 1.29 is 68.1 Å². The number of likely N-dealkylation sites (N-methyl/N-ethyl adjacent to an activating group) is 1. The number of hydrogen-bond acceptors (Lipinski definition) is 18. The second kappa shape index (κ2) is 21.2. The summed E-state index contributed by atoms with van der Waals surface area (Å²) in [6.07, 6.45) is -7.15. The molecule has 20 nitrogen and oxygen atoms in total. The number of fused-ring (bicyclic) bond motifs is 2. The fourth-order valence-electron chi connectivity index (χ4n) is 10.6. The van der Waals surface area contributed by atoms with Gasteiger partial charge in [0.15, 0.2) is 12.6 Å². The van der Waals surface area contributed by atoms with Gasteiger partial charge in [0, 0.05) is 68.6 Å². The van der Waals surface area contributed by atoms with E-state index in [9.17, 15) is 40.1 Å². The molecule has 0 amide bonds. The van der Waals surface area contributed by atoms with E-state index in [1.54, 1.807) is 51.4 Å². The number of esters is 1. The van der Waals surface area contributed by atoms with E-state index in [1.807, 2.05) is 38.9 Å². The minimum atomic E-state index is -2.00. The summed E-state index contributed by atoms with van der Waals surface area (Å²) in [5.74, 6) is -4.64. The molecule has 376 valence electrons. The van der Waals surface area contributed by atoms with Crippen molar-refractivity contribution >= 4 is 17.4 Å². The van der Waals surface area contributed by atoms with Gasteiger partial charge in [0.2, 0.25) is 0 Å². The first-order valence-corrected chi connectivity index (χ1v) is 23.6. The summed E-state index contributed by atoms with van der Waals surface area (Å²) in [7, 11) is 3.39. The Morgan fingerprint density at radius 1 is 0.985 bits per heavy atom. The Hall–Kier alpha value is -3.54. The van der Waals surface area contributed by atoms with Crippen LogP contribution in [0.2, 0.25) is 0 Å². The van der Waals surface area contributed by atoms with Crippen molar-refractivity contribution in [3.05, 3.63) is 51.8 Å². The van der Waals surface area contributed by atoms with Crippen LogP contribution in [-0.2, 0) is 55.7 Å². The normalized spacial score (nSPS) is 41.2. The number of nitro groups is 1. The van der Waals surface area contributed by atoms with Gasteiger partial charge in [-0.2, -0.15) is 0 Å². The highest BCUT2D eigenvalue weighted by molar-refractivity contribution is 5.84. The van der Waals surface area contributed by atoms with Crippen LogP contribution in [0.5, 0.6) is 0 Å². The largest absolute Gasteiger partial charge is 0.459 e. The van der Waals surface area contributed by atoms with Crippen molar-refractivity contribution in [3.8, 4) is 0 Å². The van der Waals surface area contributed by atoms with Crippen LogP contribution in [0.3, 0.4) is 0 Å². The number of hydrogen-bond donors (Lipinski definition) is 4. The zero-order chi connectivity index (χ0) is 49.3. The van der Waals surface area contributed by atoms with Crippen LogP contribution in [0.15, 0.2) is 30.5 Å². The number of aromatic nitrogens is 3. The second-order valence-corrected chi connectivity index (χ2v) is 20.1. The summed E-state index contributed by atoms with van der Waals surface area (Å²) in [5, 5.41) is 66.2. The van der Waals surface area contributed by atoms with Gasteiger partial charge < -0.3 is 58.5 Å². The molecule has 0 spiro atoms. The van der Waals surface area contributed by atoms with E-state index in [4.69, 9.17) is 33.2 Å². The Bertz CT molecular complexity index is 2010. The highest BCUT2D eigenvalue weighted by atomic mass is 16.7. The molecule has 4 fully saturated rings. The van der Waals surface area contributed by atoms with Crippen LogP contribution in [0.4, 0.5) is 5.69 Å². The van der Waals surface area contributed by atoms with E-state index in [2.05, 4.69) is 10.3 Å². The standard InChI is InChI=1S/C47H73N5O15/c1-12-35-47(9,58)40(55)26(3)37(53)31-20-46(8,62-24-31)42(27(4)39(28(5)43(57)65-35)66-36-21-45(7,61-11)41(56)29(6)64-36)67-44-38(54)34(19-25(2)63-44)50(10)18-17-32-23-51(49-48-32)22-30-13-15-33(16-14-30)52(59)60/h13-16,23,25-29,31,34-36,38-42,44,54-56,58H,12,17-22,24H2,1-11H3/t25-,26+,27+,28-,29+,31+,34+,35-,36+,38-,39+,40-,41+,42-,44+,45-,46-,47-/m1/s1. The highest BCUT2D eigenvalue weighted by Gasteiger charge is 2.56. The molecule has 20 heteroatoms. The topological polar surface area (TPSA) is 257 Å². The molecule has 1 aromatic carbocycles. The van der Waals surface area contributed by atoms with Gasteiger partial charge in [-0.05, 0) is 73.4 Å². The molecule has 2 bridgehead atoms. The maximum absolute atomic E-state index is 14.4. The predicted octanol–water partition coefficient (Wildman–Crippen LogP) is 2.96. The molecule has 0 radical (unpaired) electrons. The van der Waals surface area contributed by atoms with Crippen LogP contribution in [0.25, 0.3) is 0 Å². The molecule has 0 saturated carbocycles. The second-order valence-electron chi connectivity index (χ2n) is 20.1. The highest BCUT2D eigenvalue weighted by Crippen LogP contribution is 2.44. The number of aliphatic hydroxyl groups is 4. The molecule has 2 aromatic rings. The van der Waals surface area contributed by atoms with Crippen molar-refractivity contribution in [2.75, 3.05) is 27.3 Å². The molecule has 5 heterocycles. The summed E-state index contributed by atoms with van der Waals surface area (Å²) in [4.78, 5) is 41.2. The van der Waals surface area contributed by atoms with Crippen LogP contribution < -0.4 is 0 Å². The molecular weight excluding hydrogens is 875 g/mol. The third-order valence-corrected chi connectivity index (χ3v) is 15.0. The first kappa shape index (κ1) is 52.8. The van der Waals surface area contributed by atoms with Crippen molar-refractivity contribution in [2.45, 2.75) is 185 Å². The summed E-state index contributed by atoms with van der Waals surface area (Å²) < 4.78 is 46.4. The number of ether oxygens (including phenoxy) is 7. The number of carbonyl (C=O) groups is 2. The quantitative estimate of drug-likeness (QED) is 0.128. The zero-order valence-corrected chi connectivity index (χ0v) is 40.7. The fourth-order valence-corrected chi connectivity index (χ4v) is 10.6. The van der Waals surface area contributed by atoms with E-state index in [0.717, 1.165) is 5.56 Å². The molecule has 67 heavy (non-hydrogen) atoms.